The average Bonchev–Trinajstić information content (AvgIpc) is 3.04. The summed E-state index contributed by atoms with van der Waals surface area (Å²) in [6.45, 7) is 2.32. The maximum Gasteiger partial charge on any atom is 0.167 e. The lowest BCUT2D eigenvalue weighted by molar-refractivity contribution is 0.375. The second kappa shape index (κ2) is 6.45. The molecule has 3 aromatic rings. The zero-order valence-corrected chi connectivity index (χ0v) is 13.3. The van der Waals surface area contributed by atoms with E-state index in [2.05, 4.69) is 52.5 Å². The fourth-order valence-electron chi connectivity index (χ4n) is 3.58. The number of nitrogens with zero attached hydrogens (tertiary/aromatic N) is 2. The SMILES string of the molecule is c1ccc(N2CCC(CCc3noc4ccccc34)CC2)cc1. The summed E-state index contributed by atoms with van der Waals surface area (Å²) >= 11 is 0. The first-order chi connectivity index (χ1) is 11.4. The number of aryl methyl sites for hydroxylation is 1. The van der Waals surface area contributed by atoms with Crippen LogP contribution in [0, 0.1) is 5.92 Å². The van der Waals surface area contributed by atoms with Crippen molar-refractivity contribution in [2.24, 2.45) is 5.92 Å². The molecule has 3 heteroatoms. The molecule has 23 heavy (non-hydrogen) atoms. The second-order valence-electron chi connectivity index (χ2n) is 6.43. The smallest absolute Gasteiger partial charge is 0.167 e. The molecule has 2 heterocycles. The normalized spacial score (nSPS) is 16.1. The van der Waals surface area contributed by atoms with Crippen LogP contribution in [-0.4, -0.2) is 18.2 Å². The lowest BCUT2D eigenvalue weighted by Gasteiger charge is -2.33. The Morgan fingerprint density at radius 2 is 1.70 bits per heavy atom. The molecular weight excluding hydrogens is 284 g/mol. The van der Waals surface area contributed by atoms with Gasteiger partial charge in [0.15, 0.2) is 5.58 Å². The van der Waals surface area contributed by atoms with Gasteiger partial charge in [0.1, 0.15) is 0 Å². The molecule has 118 valence electrons. The molecule has 0 bridgehead atoms. The van der Waals surface area contributed by atoms with Gasteiger partial charge >= 0.3 is 0 Å². The number of para-hydroxylation sites is 2. The monoisotopic (exact) mass is 306 g/mol. The van der Waals surface area contributed by atoms with Gasteiger partial charge in [-0.25, -0.2) is 0 Å². The molecule has 0 amide bonds. The topological polar surface area (TPSA) is 29.3 Å². The summed E-state index contributed by atoms with van der Waals surface area (Å²) in [5, 5.41) is 5.43. The zero-order valence-electron chi connectivity index (χ0n) is 13.3. The quantitative estimate of drug-likeness (QED) is 0.701. The van der Waals surface area contributed by atoms with Crippen molar-refractivity contribution in [3.05, 3.63) is 60.3 Å². The first-order valence-corrected chi connectivity index (χ1v) is 8.53. The van der Waals surface area contributed by atoms with Gasteiger partial charge in [-0.1, -0.05) is 35.5 Å². The Bertz CT molecular complexity index is 757. The van der Waals surface area contributed by atoms with Crippen molar-refractivity contribution in [3.63, 3.8) is 0 Å². The minimum absolute atomic E-state index is 0.797. The molecule has 0 saturated carbocycles. The first-order valence-electron chi connectivity index (χ1n) is 8.53. The average molecular weight is 306 g/mol. The Balaban J connectivity index is 1.33. The van der Waals surface area contributed by atoms with E-state index in [1.807, 2.05) is 12.1 Å². The van der Waals surface area contributed by atoms with Crippen molar-refractivity contribution in [2.75, 3.05) is 18.0 Å². The highest BCUT2D eigenvalue weighted by Gasteiger charge is 2.20. The van der Waals surface area contributed by atoms with E-state index in [0.717, 1.165) is 36.7 Å². The molecule has 1 fully saturated rings. The van der Waals surface area contributed by atoms with Gasteiger partial charge in [-0.15, -0.1) is 0 Å². The number of hydrogen-bond donors (Lipinski definition) is 0. The zero-order chi connectivity index (χ0) is 15.5. The third-order valence-corrected chi connectivity index (χ3v) is 4.98. The highest BCUT2D eigenvalue weighted by molar-refractivity contribution is 5.79. The fraction of sp³-hybridized carbons (Fsp3) is 0.350. The summed E-state index contributed by atoms with van der Waals surface area (Å²) in [6, 6.07) is 18.9. The molecule has 0 unspecified atom stereocenters. The fourth-order valence-corrected chi connectivity index (χ4v) is 3.58. The number of anilines is 1. The molecule has 0 N–H and O–H groups in total. The molecular formula is C20H22N2O. The van der Waals surface area contributed by atoms with Gasteiger partial charge in [0.05, 0.1) is 5.69 Å². The van der Waals surface area contributed by atoms with Crippen LogP contribution in [0.3, 0.4) is 0 Å². The number of hydrogen-bond acceptors (Lipinski definition) is 3. The van der Waals surface area contributed by atoms with E-state index in [0.29, 0.717) is 0 Å². The van der Waals surface area contributed by atoms with E-state index in [1.165, 1.54) is 30.3 Å². The summed E-state index contributed by atoms with van der Waals surface area (Å²) in [7, 11) is 0. The Hall–Kier alpha value is -2.29. The molecule has 3 nitrogen and oxygen atoms in total. The maximum absolute atomic E-state index is 5.41. The standard InChI is InChI=1S/C20H22N2O/c1-2-6-17(7-3-1)22-14-12-16(13-15-22)10-11-19-18-8-4-5-9-20(18)23-21-19/h1-9,16H,10-15H2. The van der Waals surface area contributed by atoms with Crippen LogP contribution in [0.1, 0.15) is 25.0 Å². The van der Waals surface area contributed by atoms with Crippen molar-refractivity contribution < 1.29 is 4.52 Å². The van der Waals surface area contributed by atoms with Crippen molar-refractivity contribution in [2.45, 2.75) is 25.7 Å². The van der Waals surface area contributed by atoms with E-state index in [-0.39, 0.29) is 0 Å². The predicted molar refractivity (Wildman–Crippen MR) is 93.7 cm³/mol. The van der Waals surface area contributed by atoms with Gasteiger partial charge in [-0.3, -0.25) is 0 Å². The third kappa shape index (κ3) is 3.09. The summed E-state index contributed by atoms with van der Waals surface area (Å²) in [6.07, 6.45) is 4.77. The van der Waals surface area contributed by atoms with Crippen molar-refractivity contribution in [1.29, 1.82) is 0 Å². The largest absolute Gasteiger partial charge is 0.372 e. The van der Waals surface area contributed by atoms with Gasteiger partial charge in [0.25, 0.3) is 0 Å². The summed E-state index contributed by atoms with van der Waals surface area (Å²) in [4.78, 5) is 2.50. The molecule has 1 aliphatic heterocycles. The second-order valence-corrected chi connectivity index (χ2v) is 6.43. The Morgan fingerprint density at radius 1 is 0.957 bits per heavy atom. The highest BCUT2D eigenvalue weighted by atomic mass is 16.5. The Labute approximate surface area is 136 Å². The van der Waals surface area contributed by atoms with Crippen LogP contribution in [0.5, 0.6) is 0 Å². The van der Waals surface area contributed by atoms with Crippen LogP contribution in [0.25, 0.3) is 11.0 Å². The van der Waals surface area contributed by atoms with E-state index in [4.69, 9.17) is 4.52 Å². The minimum Gasteiger partial charge on any atom is -0.372 e. The molecule has 4 rings (SSSR count). The minimum atomic E-state index is 0.797. The van der Waals surface area contributed by atoms with E-state index in [1.54, 1.807) is 0 Å². The van der Waals surface area contributed by atoms with Gasteiger partial charge < -0.3 is 9.42 Å². The van der Waals surface area contributed by atoms with Crippen molar-refractivity contribution in [1.82, 2.24) is 5.16 Å². The van der Waals surface area contributed by atoms with E-state index >= 15 is 0 Å². The van der Waals surface area contributed by atoms with Crippen molar-refractivity contribution >= 4 is 16.7 Å². The molecule has 0 atom stereocenters. The van der Waals surface area contributed by atoms with Crippen LogP contribution in [-0.2, 0) is 6.42 Å². The van der Waals surface area contributed by atoms with Gasteiger partial charge in [0, 0.05) is 24.2 Å². The lowest BCUT2D eigenvalue weighted by Crippen LogP contribution is -2.33. The number of fused-ring (bicyclic) bond motifs is 1. The highest BCUT2D eigenvalue weighted by Crippen LogP contribution is 2.27. The number of aromatic nitrogens is 1. The Kier molecular flexibility index (Phi) is 4.01. The predicted octanol–water partition coefficient (Wildman–Crippen LogP) is 4.68. The number of benzene rings is 2. The summed E-state index contributed by atoms with van der Waals surface area (Å²) < 4.78 is 5.41. The maximum atomic E-state index is 5.41. The van der Waals surface area contributed by atoms with Gasteiger partial charge in [0.2, 0.25) is 0 Å². The van der Waals surface area contributed by atoms with E-state index in [9.17, 15) is 0 Å². The van der Waals surface area contributed by atoms with Crippen LogP contribution in [0.4, 0.5) is 5.69 Å². The molecule has 0 aliphatic carbocycles. The molecule has 1 aromatic heterocycles. The lowest BCUT2D eigenvalue weighted by atomic mass is 9.91. The number of piperidine rings is 1. The molecule has 0 radical (unpaired) electrons. The molecule has 2 aromatic carbocycles. The third-order valence-electron chi connectivity index (χ3n) is 4.98. The van der Waals surface area contributed by atoms with E-state index < -0.39 is 0 Å². The van der Waals surface area contributed by atoms with Gasteiger partial charge in [-0.05, 0) is 55.9 Å². The molecule has 1 aliphatic rings. The van der Waals surface area contributed by atoms with Crippen LogP contribution >= 0.6 is 0 Å². The van der Waals surface area contributed by atoms with Crippen LogP contribution in [0.2, 0.25) is 0 Å². The van der Waals surface area contributed by atoms with Crippen molar-refractivity contribution in [3.8, 4) is 0 Å². The molecule has 0 spiro atoms. The van der Waals surface area contributed by atoms with Crippen LogP contribution < -0.4 is 4.90 Å². The van der Waals surface area contributed by atoms with Crippen LogP contribution in [0.15, 0.2) is 59.1 Å². The first kappa shape index (κ1) is 14.3. The Morgan fingerprint density at radius 3 is 2.52 bits per heavy atom. The van der Waals surface area contributed by atoms with Gasteiger partial charge in [-0.2, -0.15) is 0 Å². The summed E-state index contributed by atoms with van der Waals surface area (Å²) in [5.41, 5.74) is 3.38. The number of rotatable bonds is 4. The summed E-state index contributed by atoms with van der Waals surface area (Å²) in [5.74, 6) is 0.797. The molecule has 1 saturated heterocycles.